The summed E-state index contributed by atoms with van der Waals surface area (Å²) in [6.07, 6.45) is 7.25. The van der Waals surface area contributed by atoms with Crippen molar-refractivity contribution < 1.29 is 9.59 Å². The molecule has 0 aromatic carbocycles. The van der Waals surface area contributed by atoms with Crippen molar-refractivity contribution in [3.05, 3.63) is 52.9 Å². The minimum atomic E-state index is -0.371. The highest BCUT2D eigenvalue weighted by Gasteiger charge is 2.40. The Hall–Kier alpha value is -2.03. The summed E-state index contributed by atoms with van der Waals surface area (Å²) in [5.41, 5.74) is 2.57. The van der Waals surface area contributed by atoms with Gasteiger partial charge in [-0.2, -0.15) is 0 Å². The van der Waals surface area contributed by atoms with Gasteiger partial charge in [-0.25, -0.2) is 4.98 Å². The van der Waals surface area contributed by atoms with Crippen LogP contribution in [0.15, 0.2) is 30.4 Å². The number of pyridine rings is 1. The van der Waals surface area contributed by atoms with E-state index in [4.69, 9.17) is 0 Å². The largest absolute Gasteiger partial charge is 0.293 e. The normalized spacial score (nSPS) is 25.0. The predicted molar refractivity (Wildman–Crippen MR) is 67.6 cm³/mol. The summed E-state index contributed by atoms with van der Waals surface area (Å²) < 4.78 is 0. The molecule has 0 saturated heterocycles. The molecule has 1 aromatic heterocycles. The number of carbonyl (C=O) groups is 2. The molecule has 0 spiro atoms. The standard InChI is InChI=1S/C15H13NO2/c1-8-7-12-13(16-9(8)2)15(18)11-6-4-3-5-10(11)14(12)17/h3-7,10-11H,1-2H3. The summed E-state index contributed by atoms with van der Waals surface area (Å²) in [6.45, 7) is 3.76. The van der Waals surface area contributed by atoms with Crippen LogP contribution in [-0.2, 0) is 0 Å². The topological polar surface area (TPSA) is 47.0 Å². The van der Waals surface area contributed by atoms with E-state index in [1.165, 1.54) is 0 Å². The van der Waals surface area contributed by atoms with Crippen molar-refractivity contribution in [1.82, 2.24) is 4.98 Å². The maximum Gasteiger partial charge on any atom is 0.189 e. The van der Waals surface area contributed by atoms with E-state index in [0.29, 0.717) is 11.3 Å². The van der Waals surface area contributed by atoms with Gasteiger partial charge in [0.1, 0.15) is 5.69 Å². The van der Waals surface area contributed by atoms with E-state index in [1.807, 2.05) is 32.1 Å². The van der Waals surface area contributed by atoms with Gasteiger partial charge in [0, 0.05) is 11.3 Å². The highest BCUT2D eigenvalue weighted by Crippen LogP contribution is 2.33. The number of Topliss-reactive ketones (excluding diaryl/α,β-unsaturated/α-hetero) is 2. The van der Waals surface area contributed by atoms with Crippen LogP contribution in [0.2, 0.25) is 0 Å². The first-order valence-corrected chi connectivity index (χ1v) is 6.01. The third-order valence-corrected chi connectivity index (χ3v) is 3.71. The van der Waals surface area contributed by atoms with Crippen molar-refractivity contribution in [3.8, 4) is 0 Å². The zero-order valence-corrected chi connectivity index (χ0v) is 10.3. The van der Waals surface area contributed by atoms with E-state index in [1.54, 1.807) is 12.1 Å². The van der Waals surface area contributed by atoms with Crippen molar-refractivity contribution in [1.29, 1.82) is 0 Å². The highest BCUT2D eigenvalue weighted by molar-refractivity contribution is 6.16. The SMILES string of the molecule is Cc1cc2c(nc1C)C(=O)C1C=CC=CC1C2=O. The van der Waals surface area contributed by atoms with E-state index >= 15 is 0 Å². The second-order valence-electron chi connectivity index (χ2n) is 4.84. The van der Waals surface area contributed by atoms with Gasteiger partial charge in [-0.15, -0.1) is 0 Å². The molecule has 0 N–H and O–H groups in total. The second kappa shape index (κ2) is 3.73. The average molecular weight is 239 g/mol. The van der Waals surface area contributed by atoms with E-state index in [9.17, 15) is 9.59 Å². The number of aromatic nitrogens is 1. The lowest BCUT2D eigenvalue weighted by Crippen LogP contribution is -2.36. The molecule has 2 unspecified atom stereocenters. The van der Waals surface area contributed by atoms with Crippen molar-refractivity contribution in [2.75, 3.05) is 0 Å². The van der Waals surface area contributed by atoms with E-state index in [2.05, 4.69) is 4.98 Å². The fraction of sp³-hybridized carbons (Fsp3) is 0.267. The molecule has 1 heterocycles. The van der Waals surface area contributed by atoms with Crippen LogP contribution < -0.4 is 0 Å². The molecule has 0 saturated carbocycles. The predicted octanol–water partition coefficient (Wildman–Crippen LogP) is 2.44. The van der Waals surface area contributed by atoms with Gasteiger partial charge < -0.3 is 0 Å². The summed E-state index contributed by atoms with van der Waals surface area (Å²) in [6, 6.07) is 1.79. The second-order valence-corrected chi connectivity index (χ2v) is 4.84. The summed E-state index contributed by atoms with van der Waals surface area (Å²) in [5.74, 6) is -0.757. The van der Waals surface area contributed by atoms with Crippen molar-refractivity contribution in [3.63, 3.8) is 0 Å². The molecule has 0 bridgehead atoms. The molecule has 0 radical (unpaired) electrons. The lowest BCUT2D eigenvalue weighted by Gasteiger charge is -2.28. The van der Waals surface area contributed by atoms with Gasteiger partial charge in [0.2, 0.25) is 0 Å². The third kappa shape index (κ3) is 1.40. The van der Waals surface area contributed by atoms with Gasteiger partial charge in [-0.1, -0.05) is 24.3 Å². The third-order valence-electron chi connectivity index (χ3n) is 3.71. The summed E-state index contributed by atoms with van der Waals surface area (Å²) in [7, 11) is 0. The highest BCUT2D eigenvalue weighted by atomic mass is 16.1. The summed E-state index contributed by atoms with van der Waals surface area (Å²) >= 11 is 0. The molecule has 1 aromatic rings. The molecule has 0 amide bonds. The zero-order valence-electron chi connectivity index (χ0n) is 10.3. The summed E-state index contributed by atoms with van der Waals surface area (Å²) in [5, 5.41) is 0. The number of nitrogens with zero attached hydrogens (tertiary/aromatic N) is 1. The van der Waals surface area contributed by atoms with Crippen LogP contribution in [0.4, 0.5) is 0 Å². The first-order chi connectivity index (χ1) is 8.59. The van der Waals surface area contributed by atoms with Gasteiger partial charge in [-0.3, -0.25) is 9.59 Å². The van der Waals surface area contributed by atoms with Gasteiger partial charge in [0.15, 0.2) is 11.6 Å². The van der Waals surface area contributed by atoms with Crippen LogP contribution in [0.3, 0.4) is 0 Å². The molecule has 0 aliphatic heterocycles. The maximum absolute atomic E-state index is 12.4. The average Bonchev–Trinajstić information content (AvgIpc) is 2.38. The molecule has 3 rings (SSSR count). The molecule has 18 heavy (non-hydrogen) atoms. The first-order valence-electron chi connectivity index (χ1n) is 6.01. The van der Waals surface area contributed by atoms with Crippen LogP contribution in [0.1, 0.15) is 32.1 Å². The Kier molecular flexibility index (Phi) is 2.30. The van der Waals surface area contributed by atoms with Crippen LogP contribution in [-0.4, -0.2) is 16.6 Å². The Morgan fingerprint density at radius 2 is 1.61 bits per heavy atom. The molecule has 2 aliphatic carbocycles. The number of allylic oxidation sites excluding steroid dienone is 4. The number of rotatable bonds is 0. The van der Waals surface area contributed by atoms with E-state index < -0.39 is 0 Å². The lowest BCUT2D eigenvalue weighted by molar-refractivity contribution is 0.0797. The minimum Gasteiger partial charge on any atom is -0.293 e. The number of fused-ring (bicyclic) bond motifs is 2. The van der Waals surface area contributed by atoms with Gasteiger partial charge in [-0.05, 0) is 25.5 Å². The van der Waals surface area contributed by atoms with Crippen LogP contribution >= 0.6 is 0 Å². The van der Waals surface area contributed by atoms with Crippen LogP contribution in [0, 0.1) is 25.7 Å². The van der Waals surface area contributed by atoms with E-state index in [-0.39, 0.29) is 23.4 Å². The van der Waals surface area contributed by atoms with Crippen LogP contribution in [0.25, 0.3) is 0 Å². The minimum absolute atomic E-state index is 0.00537. The monoisotopic (exact) mass is 239 g/mol. The molecule has 3 nitrogen and oxygen atoms in total. The van der Waals surface area contributed by atoms with Crippen molar-refractivity contribution in [2.45, 2.75) is 13.8 Å². The molecule has 3 heteroatoms. The van der Waals surface area contributed by atoms with Gasteiger partial charge >= 0.3 is 0 Å². The fourth-order valence-electron chi connectivity index (χ4n) is 2.53. The molecule has 2 aliphatic rings. The Morgan fingerprint density at radius 3 is 2.28 bits per heavy atom. The number of carbonyl (C=O) groups excluding carboxylic acids is 2. The van der Waals surface area contributed by atoms with Crippen molar-refractivity contribution in [2.24, 2.45) is 11.8 Å². The van der Waals surface area contributed by atoms with Crippen LogP contribution in [0.5, 0.6) is 0 Å². The van der Waals surface area contributed by atoms with E-state index in [0.717, 1.165) is 11.3 Å². The molecular weight excluding hydrogens is 226 g/mol. The lowest BCUT2D eigenvalue weighted by atomic mass is 9.74. The van der Waals surface area contributed by atoms with Crippen molar-refractivity contribution >= 4 is 11.6 Å². The molecular formula is C15H13NO2. The van der Waals surface area contributed by atoms with Gasteiger partial charge in [0.25, 0.3) is 0 Å². The van der Waals surface area contributed by atoms with Gasteiger partial charge in [0.05, 0.1) is 11.8 Å². The summed E-state index contributed by atoms with van der Waals surface area (Å²) in [4.78, 5) is 29.1. The molecule has 0 fully saturated rings. The number of hydrogen-bond donors (Lipinski definition) is 0. The Bertz CT molecular complexity index is 571. The Labute approximate surface area is 105 Å². The quantitative estimate of drug-likeness (QED) is 0.698. The zero-order chi connectivity index (χ0) is 12.9. The Morgan fingerprint density at radius 1 is 1.00 bits per heavy atom. The fourth-order valence-corrected chi connectivity index (χ4v) is 2.53. The smallest absolute Gasteiger partial charge is 0.189 e. The maximum atomic E-state index is 12.4. The number of ketones is 2. The Balaban J connectivity index is 2.23. The molecule has 90 valence electrons. The first kappa shape index (κ1) is 11.1. The molecule has 2 atom stereocenters. The number of aryl methyl sites for hydroxylation is 2. The number of hydrogen-bond acceptors (Lipinski definition) is 3.